The van der Waals surface area contributed by atoms with Crippen molar-refractivity contribution in [3.05, 3.63) is 95.2 Å². The number of nitrogens with one attached hydrogen (secondary N) is 3. The van der Waals surface area contributed by atoms with Gasteiger partial charge in [-0.15, -0.1) is 0 Å². The zero-order chi connectivity index (χ0) is 25.0. The molecule has 0 bridgehead atoms. The number of aliphatic hydroxyl groups is 1. The average Bonchev–Trinajstić information content (AvgIpc) is 2.89. The van der Waals surface area contributed by atoms with Gasteiger partial charge in [0.25, 0.3) is 11.8 Å². The number of carbonyl (C=O) groups excluding carboxylic acids is 2. The molecule has 8 heteroatoms. The molecule has 0 spiro atoms. The molecule has 0 fully saturated rings. The van der Waals surface area contributed by atoms with Gasteiger partial charge in [-0.1, -0.05) is 30.0 Å². The fraction of sp³-hybridized carbons (Fsp3) is 0.148. The van der Waals surface area contributed by atoms with E-state index in [1.807, 2.05) is 42.5 Å². The molecule has 0 unspecified atom stereocenters. The average molecular weight is 469 g/mol. The molecule has 176 valence electrons. The summed E-state index contributed by atoms with van der Waals surface area (Å²) in [6.07, 6.45) is 0.553. The van der Waals surface area contributed by atoms with E-state index in [1.165, 1.54) is 12.4 Å². The van der Waals surface area contributed by atoms with E-state index >= 15 is 0 Å². The fourth-order valence-corrected chi connectivity index (χ4v) is 2.98. The van der Waals surface area contributed by atoms with Crippen LogP contribution >= 0.6 is 0 Å². The Morgan fingerprint density at radius 2 is 1.57 bits per heavy atom. The minimum Gasteiger partial charge on any atom is -0.391 e. The van der Waals surface area contributed by atoms with Crippen molar-refractivity contribution in [1.29, 1.82) is 0 Å². The van der Waals surface area contributed by atoms with Crippen molar-refractivity contribution in [2.24, 2.45) is 0 Å². The topological polar surface area (TPSA) is 124 Å². The lowest BCUT2D eigenvalue weighted by atomic mass is 10.1. The van der Waals surface area contributed by atoms with E-state index in [4.69, 9.17) is 5.21 Å². The smallest absolute Gasteiger partial charge is 0.268 e. The molecular weight excluding hydrogens is 444 g/mol. The molecule has 8 nitrogen and oxygen atoms in total. The van der Waals surface area contributed by atoms with Crippen LogP contribution in [0.5, 0.6) is 0 Å². The number of pyridine rings is 1. The first-order chi connectivity index (χ1) is 17.0. The van der Waals surface area contributed by atoms with Crippen molar-refractivity contribution in [2.75, 3.05) is 5.32 Å². The van der Waals surface area contributed by atoms with Crippen LogP contribution in [0.2, 0.25) is 0 Å². The van der Waals surface area contributed by atoms with E-state index in [1.54, 1.807) is 30.5 Å². The molecule has 3 rings (SSSR count). The van der Waals surface area contributed by atoms with Crippen molar-refractivity contribution < 1.29 is 19.9 Å². The number of rotatable bonds is 7. The Labute approximate surface area is 203 Å². The van der Waals surface area contributed by atoms with Gasteiger partial charge in [0.05, 0.1) is 6.10 Å². The van der Waals surface area contributed by atoms with Crippen LogP contribution in [-0.4, -0.2) is 39.3 Å². The Morgan fingerprint density at radius 3 is 2.11 bits per heavy atom. The highest BCUT2D eigenvalue weighted by molar-refractivity contribution is 5.97. The summed E-state index contributed by atoms with van der Waals surface area (Å²) in [4.78, 5) is 28.1. The number of hydrogen-bond acceptors (Lipinski definition) is 6. The second kappa shape index (κ2) is 12.6. The molecule has 0 saturated carbocycles. The third-order valence-corrected chi connectivity index (χ3v) is 4.88. The van der Waals surface area contributed by atoms with E-state index in [-0.39, 0.29) is 5.56 Å². The van der Waals surface area contributed by atoms with Gasteiger partial charge in [0.1, 0.15) is 11.9 Å². The number of aliphatic hydroxyl groups excluding tert-OH is 1. The zero-order valence-electron chi connectivity index (χ0n) is 18.9. The highest BCUT2D eigenvalue weighted by Gasteiger charge is 2.25. The number of aromatic nitrogens is 1. The Bertz CT molecular complexity index is 1270. The first-order valence-corrected chi connectivity index (χ1v) is 10.7. The summed E-state index contributed by atoms with van der Waals surface area (Å²) in [6, 6.07) is 18.6. The fourth-order valence-electron chi connectivity index (χ4n) is 2.98. The van der Waals surface area contributed by atoms with E-state index < -0.39 is 24.0 Å². The van der Waals surface area contributed by atoms with Gasteiger partial charge in [-0.05, 0) is 72.9 Å². The van der Waals surface area contributed by atoms with Crippen LogP contribution < -0.4 is 16.1 Å². The molecule has 2 aromatic carbocycles. The molecule has 0 radical (unpaired) electrons. The number of benzene rings is 2. The molecule has 0 aliphatic heterocycles. The summed E-state index contributed by atoms with van der Waals surface area (Å²) in [5, 5.41) is 24.0. The lowest BCUT2D eigenvalue weighted by Crippen LogP contribution is -2.51. The monoisotopic (exact) mass is 468 g/mol. The van der Waals surface area contributed by atoms with E-state index in [0.29, 0.717) is 12.1 Å². The normalized spacial score (nSPS) is 11.5. The van der Waals surface area contributed by atoms with E-state index in [0.717, 1.165) is 16.9 Å². The summed E-state index contributed by atoms with van der Waals surface area (Å²) in [6.45, 7) is 1.99. The predicted octanol–water partition coefficient (Wildman–Crippen LogP) is 2.08. The SMILES string of the molecule is C[C@@H](O)[C@H](NC(=O)c1ccc(C#CC#Cc2ccc(CNc3ccccn3)cc2)cc1)C(=O)NO. The predicted molar refractivity (Wildman–Crippen MR) is 131 cm³/mol. The molecule has 35 heavy (non-hydrogen) atoms. The van der Waals surface area contributed by atoms with Crippen LogP contribution in [0.3, 0.4) is 0 Å². The molecule has 3 aromatic rings. The summed E-state index contributed by atoms with van der Waals surface area (Å²) in [7, 11) is 0. The van der Waals surface area contributed by atoms with Gasteiger partial charge < -0.3 is 15.7 Å². The van der Waals surface area contributed by atoms with Crippen molar-refractivity contribution in [1.82, 2.24) is 15.8 Å². The maximum Gasteiger partial charge on any atom is 0.268 e. The number of nitrogens with zero attached hydrogens (tertiary/aromatic N) is 1. The molecule has 5 N–H and O–H groups in total. The zero-order valence-corrected chi connectivity index (χ0v) is 18.9. The van der Waals surface area contributed by atoms with Gasteiger partial charge in [-0.25, -0.2) is 10.5 Å². The van der Waals surface area contributed by atoms with Crippen molar-refractivity contribution in [2.45, 2.75) is 25.6 Å². The van der Waals surface area contributed by atoms with Crippen molar-refractivity contribution in [3.63, 3.8) is 0 Å². The molecule has 0 aliphatic rings. The number of hydroxylamine groups is 1. The Morgan fingerprint density at radius 1 is 0.943 bits per heavy atom. The van der Waals surface area contributed by atoms with Gasteiger partial charge in [0.2, 0.25) is 0 Å². The largest absolute Gasteiger partial charge is 0.391 e. The second-order valence-electron chi connectivity index (χ2n) is 7.51. The van der Waals surface area contributed by atoms with Crippen LogP contribution in [0.25, 0.3) is 0 Å². The van der Waals surface area contributed by atoms with Crippen LogP contribution in [0.15, 0.2) is 72.9 Å². The Balaban J connectivity index is 1.54. The summed E-state index contributed by atoms with van der Waals surface area (Å²) >= 11 is 0. The third kappa shape index (κ3) is 7.72. The summed E-state index contributed by atoms with van der Waals surface area (Å²) in [5.41, 5.74) is 4.30. The summed E-state index contributed by atoms with van der Waals surface area (Å²) in [5.74, 6) is 10.8. The van der Waals surface area contributed by atoms with Crippen LogP contribution in [-0.2, 0) is 11.3 Å². The van der Waals surface area contributed by atoms with Crippen LogP contribution in [0, 0.1) is 23.7 Å². The maximum atomic E-state index is 12.3. The van der Waals surface area contributed by atoms with Gasteiger partial charge in [-0.3, -0.25) is 14.8 Å². The Kier molecular flexibility index (Phi) is 8.98. The number of anilines is 1. The quantitative estimate of drug-likeness (QED) is 0.206. The molecule has 1 aromatic heterocycles. The van der Waals surface area contributed by atoms with Crippen molar-refractivity contribution in [3.8, 4) is 23.7 Å². The molecular formula is C27H24N4O4. The minimum atomic E-state index is -1.28. The number of amides is 2. The first-order valence-electron chi connectivity index (χ1n) is 10.7. The van der Waals surface area contributed by atoms with Crippen LogP contribution in [0.4, 0.5) is 5.82 Å². The lowest BCUT2D eigenvalue weighted by molar-refractivity contribution is -0.133. The molecule has 0 saturated heterocycles. The second-order valence-corrected chi connectivity index (χ2v) is 7.51. The molecule has 1 heterocycles. The van der Waals surface area contributed by atoms with E-state index in [9.17, 15) is 14.7 Å². The third-order valence-electron chi connectivity index (χ3n) is 4.88. The van der Waals surface area contributed by atoms with Crippen molar-refractivity contribution >= 4 is 17.6 Å². The van der Waals surface area contributed by atoms with Gasteiger partial charge in [-0.2, -0.15) is 0 Å². The lowest BCUT2D eigenvalue weighted by Gasteiger charge is -2.19. The molecule has 0 aliphatic carbocycles. The first kappa shape index (κ1) is 25.0. The number of carbonyl (C=O) groups is 2. The van der Waals surface area contributed by atoms with Gasteiger partial charge in [0, 0.05) is 29.4 Å². The van der Waals surface area contributed by atoms with E-state index in [2.05, 4.69) is 39.3 Å². The molecule has 2 atom stereocenters. The summed E-state index contributed by atoms with van der Waals surface area (Å²) < 4.78 is 0. The Hall–Kier alpha value is -4.63. The number of hydrogen-bond donors (Lipinski definition) is 5. The van der Waals surface area contributed by atoms with Gasteiger partial charge >= 0.3 is 0 Å². The highest BCUT2D eigenvalue weighted by atomic mass is 16.5. The minimum absolute atomic E-state index is 0.274. The van der Waals surface area contributed by atoms with Crippen LogP contribution in [0.1, 0.15) is 34.0 Å². The maximum absolute atomic E-state index is 12.3. The standard InChI is InChI=1S/C27H24N4O4/c1-19(32)25(27(34)31-35)30-26(33)23-15-13-21(14-16-23)7-3-2-6-20-9-11-22(12-10-20)18-29-24-8-4-5-17-28-24/h4-5,8-17,19,25,32,35H,18H2,1H3,(H,28,29)(H,30,33)(H,31,34)/t19-,25+/m1/s1. The van der Waals surface area contributed by atoms with Gasteiger partial charge in [0.15, 0.2) is 0 Å². The molecule has 2 amide bonds. The highest BCUT2D eigenvalue weighted by Crippen LogP contribution is 2.08.